The van der Waals surface area contributed by atoms with Gasteiger partial charge in [0.2, 0.25) is 0 Å². The van der Waals surface area contributed by atoms with Crippen molar-refractivity contribution in [1.82, 2.24) is 0 Å². The fourth-order valence-electron chi connectivity index (χ4n) is 2.41. The first kappa shape index (κ1) is 21.0. The van der Waals surface area contributed by atoms with Gasteiger partial charge in [0.25, 0.3) is 0 Å². The van der Waals surface area contributed by atoms with Crippen LogP contribution in [0.2, 0.25) is 0 Å². The predicted molar refractivity (Wildman–Crippen MR) is 112 cm³/mol. The zero-order valence-electron chi connectivity index (χ0n) is 15.4. The number of esters is 1. The minimum absolute atomic E-state index is 0.411. The van der Waals surface area contributed by atoms with E-state index in [1.807, 2.05) is 24.3 Å². The number of halogens is 2. The number of ether oxygens (including phenoxy) is 2. The van der Waals surface area contributed by atoms with Gasteiger partial charge in [0.05, 0.1) is 11.1 Å². The Bertz CT molecular complexity index is 759. The largest absolute Gasteiger partial charge is 0.493 e. The summed E-state index contributed by atoms with van der Waals surface area (Å²) in [6.45, 7) is 7.00. The van der Waals surface area contributed by atoms with Crippen molar-refractivity contribution in [2.75, 3.05) is 6.61 Å². The highest BCUT2D eigenvalue weighted by Gasteiger charge is 2.18. The lowest BCUT2D eigenvalue weighted by Gasteiger charge is -2.14. The van der Waals surface area contributed by atoms with Gasteiger partial charge in [-0.05, 0) is 70.6 Å². The Morgan fingerprint density at radius 1 is 1.08 bits per heavy atom. The molecule has 0 aliphatic heterocycles. The van der Waals surface area contributed by atoms with Crippen LogP contribution in [-0.4, -0.2) is 12.6 Å². The summed E-state index contributed by atoms with van der Waals surface area (Å²) in [4.78, 5) is 12.7. The molecule has 0 fully saturated rings. The van der Waals surface area contributed by atoms with Gasteiger partial charge in [0.1, 0.15) is 17.1 Å². The summed E-state index contributed by atoms with van der Waals surface area (Å²) in [5.74, 6) is 1.06. The van der Waals surface area contributed by atoms with Crippen LogP contribution < -0.4 is 9.47 Å². The van der Waals surface area contributed by atoms with Gasteiger partial charge in [0.15, 0.2) is 0 Å². The molecular weight excluding hydrogens is 460 g/mol. The third kappa shape index (κ3) is 5.58. The number of rotatable bonds is 8. The zero-order chi connectivity index (χ0) is 19.1. The molecule has 140 valence electrons. The smallest absolute Gasteiger partial charge is 0.347 e. The molecule has 0 amide bonds. The molecule has 2 rings (SSSR count). The Kier molecular flexibility index (Phi) is 8.16. The third-order valence-corrected chi connectivity index (χ3v) is 5.37. The topological polar surface area (TPSA) is 35.5 Å². The Morgan fingerprint density at radius 3 is 2.46 bits per heavy atom. The molecule has 0 N–H and O–H groups in total. The molecule has 1 unspecified atom stereocenters. The predicted octanol–water partition coefficient (Wildman–Crippen LogP) is 7.12. The van der Waals surface area contributed by atoms with Crippen molar-refractivity contribution in [2.24, 2.45) is 0 Å². The minimum atomic E-state index is -0.435. The lowest BCUT2D eigenvalue weighted by molar-refractivity contribution is 0.0729. The van der Waals surface area contributed by atoms with E-state index >= 15 is 0 Å². The molecule has 2 aromatic rings. The molecule has 0 bridgehead atoms. The van der Waals surface area contributed by atoms with Crippen molar-refractivity contribution in [3.63, 3.8) is 0 Å². The Morgan fingerprint density at radius 2 is 1.81 bits per heavy atom. The molecule has 2 aromatic carbocycles. The molecule has 0 saturated carbocycles. The Labute approximate surface area is 172 Å². The van der Waals surface area contributed by atoms with E-state index < -0.39 is 5.97 Å². The average molecular weight is 484 g/mol. The van der Waals surface area contributed by atoms with Crippen LogP contribution in [0.4, 0.5) is 0 Å². The quantitative estimate of drug-likeness (QED) is 0.227. The van der Waals surface area contributed by atoms with Gasteiger partial charge < -0.3 is 9.47 Å². The van der Waals surface area contributed by atoms with Gasteiger partial charge in [-0.1, -0.05) is 49.2 Å². The van der Waals surface area contributed by atoms with Crippen LogP contribution in [-0.2, 0) is 0 Å². The first-order valence-corrected chi connectivity index (χ1v) is 10.5. The molecule has 1 atom stereocenters. The van der Waals surface area contributed by atoms with Gasteiger partial charge >= 0.3 is 5.97 Å². The van der Waals surface area contributed by atoms with Crippen LogP contribution in [0, 0.1) is 0 Å². The fourth-order valence-corrected chi connectivity index (χ4v) is 3.25. The second-order valence-corrected chi connectivity index (χ2v) is 8.00. The highest BCUT2D eigenvalue weighted by Crippen LogP contribution is 2.32. The van der Waals surface area contributed by atoms with E-state index in [9.17, 15) is 4.79 Å². The molecular formula is C21H24Br2O3. The number of hydrogen-bond donors (Lipinski definition) is 0. The standard InChI is InChI=1S/C21H24Br2O3/c1-4-6-11-25-19-10-8-16(22)13-17(19)21(24)26-20-9-7-15(12-18(20)23)14(3)5-2/h7-10,12-14H,4-6,11H2,1-3H3. The summed E-state index contributed by atoms with van der Waals surface area (Å²) < 4.78 is 12.9. The van der Waals surface area contributed by atoms with Gasteiger partial charge in [-0.25, -0.2) is 4.79 Å². The van der Waals surface area contributed by atoms with E-state index in [4.69, 9.17) is 9.47 Å². The van der Waals surface area contributed by atoms with Gasteiger partial charge in [0, 0.05) is 4.47 Å². The van der Waals surface area contributed by atoms with Crippen molar-refractivity contribution in [3.8, 4) is 11.5 Å². The van der Waals surface area contributed by atoms with Crippen LogP contribution in [0.5, 0.6) is 11.5 Å². The second-order valence-electron chi connectivity index (χ2n) is 6.23. The average Bonchev–Trinajstić information content (AvgIpc) is 2.63. The van der Waals surface area contributed by atoms with Crippen molar-refractivity contribution in [3.05, 3.63) is 56.5 Å². The summed E-state index contributed by atoms with van der Waals surface area (Å²) in [7, 11) is 0. The number of benzene rings is 2. The van der Waals surface area contributed by atoms with Crippen LogP contribution in [0.1, 0.15) is 61.9 Å². The van der Waals surface area contributed by atoms with E-state index in [1.165, 1.54) is 5.56 Å². The molecule has 0 aliphatic rings. The normalized spacial score (nSPS) is 11.9. The highest BCUT2D eigenvalue weighted by atomic mass is 79.9. The summed E-state index contributed by atoms with van der Waals surface area (Å²) in [6.07, 6.45) is 3.03. The summed E-state index contributed by atoms with van der Waals surface area (Å²) in [5, 5.41) is 0. The van der Waals surface area contributed by atoms with Gasteiger partial charge in [-0.15, -0.1) is 0 Å². The first-order valence-electron chi connectivity index (χ1n) is 8.90. The Balaban J connectivity index is 2.20. The lowest BCUT2D eigenvalue weighted by Crippen LogP contribution is -2.12. The highest BCUT2D eigenvalue weighted by molar-refractivity contribution is 9.10. The van der Waals surface area contributed by atoms with Gasteiger partial charge in [-0.3, -0.25) is 0 Å². The molecule has 0 heterocycles. The Hall–Kier alpha value is -1.33. The van der Waals surface area contributed by atoms with E-state index in [2.05, 4.69) is 52.6 Å². The summed E-state index contributed by atoms with van der Waals surface area (Å²) in [6, 6.07) is 11.2. The molecule has 0 aliphatic carbocycles. The number of hydrogen-bond acceptors (Lipinski definition) is 3. The SMILES string of the molecule is CCCCOc1ccc(Br)cc1C(=O)Oc1ccc(C(C)CC)cc1Br. The molecule has 0 spiro atoms. The van der Waals surface area contributed by atoms with Crippen molar-refractivity contribution in [2.45, 2.75) is 46.0 Å². The van der Waals surface area contributed by atoms with E-state index in [1.54, 1.807) is 12.1 Å². The van der Waals surface area contributed by atoms with Crippen LogP contribution in [0.15, 0.2) is 45.3 Å². The molecule has 0 saturated heterocycles. The third-order valence-electron chi connectivity index (χ3n) is 4.26. The molecule has 0 aromatic heterocycles. The maximum absolute atomic E-state index is 12.7. The maximum atomic E-state index is 12.7. The van der Waals surface area contributed by atoms with Crippen LogP contribution in [0.3, 0.4) is 0 Å². The van der Waals surface area contributed by atoms with E-state index in [0.717, 1.165) is 28.2 Å². The lowest BCUT2D eigenvalue weighted by atomic mass is 9.99. The molecule has 3 nitrogen and oxygen atoms in total. The van der Waals surface area contributed by atoms with E-state index in [-0.39, 0.29) is 0 Å². The van der Waals surface area contributed by atoms with Gasteiger partial charge in [-0.2, -0.15) is 0 Å². The van der Waals surface area contributed by atoms with Crippen molar-refractivity contribution in [1.29, 1.82) is 0 Å². The molecule has 5 heteroatoms. The fraction of sp³-hybridized carbons (Fsp3) is 0.381. The number of unbranched alkanes of at least 4 members (excludes halogenated alkanes) is 1. The zero-order valence-corrected chi connectivity index (χ0v) is 18.5. The van der Waals surface area contributed by atoms with E-state index in [0.29, 0.717) is 29.6 Å². The van der Waals surface area contributed by atoms with Crippen molar-refractivity contribution < 1.29 is 14.3 Å². The maximum Gasteiger partial charge on any atom is 0.347 e. The number of carbonyl (C=O) groups excluding carboxylic acids is 1. The summed E-state index contributed by atoms with van der Waals surface area (Å²) >= 11 is 6.92. The molecule has 26 heavy (non-hydrogen) atoms. The minimum Gasteiger partial charge on any atom is -0.493 e. The number of carbonyl (C=O) groups is 1. The first-order chi connectivity index (χ1) is 12.5. The van der Waals surface area contributed by atoms with Crippen LogP contribution >= 0.6 is 31.9 Å². The second kappa shape index (κ2) is 10.1. The van der Waals surface area contributed by atoms with Crippen LogP contribution in [0.25, 0.3) is 0 Å². The molecule has 0 radical (unpaired) electrons. The summed E-state index contributed by atoms with van der Waals surface area (Å²) in [5.41, 5.74) is 1.62. The van der Waals surface area contributed by atoms with Crippen molar-refractivity contribution >= 4 is 37.8 Å². The monoisotopic (exact) mass is 482 g/mol.